The van der Waals surface area contributed by atoms with Crippen LogP contribution in [0.3, 0.4) is 0 Å². The van der Waals surface area contributed by atoms with Crippen molar-refractivity contribution in [2.45, 2.75) is 52.4 Å². The van der Waals surface area contributed by atoms with Crippen LogP contribution in [0.4, 0.5) is 0 Å². The van der Waals surface area contributed by atoms with Crippen molar-refractivity contribution < 1.29 is 4.79 Å². The van der Waals surface area contributed by atoms with Crippen molar-refractivity contribution in [2.75, 3.05) is 26.2 Å². The molecule has 25 heavy (non-hydrogen) atoms. The number of fused-ring (bicyclic) bond motifs is 1. The number of hydrogen-bond acceptors (Lipinski definition) is 4. The Morgan fingerprint density at radius 2 is 2.00 bits per heavy atom. The molecule has 0 radical (unpaired) electrons. The van der Waals surface area contributed by atoms with Gasteiger partial charge in [0.2, 0.25) is 0 Å². The van der Waals surface area contributed by atoms with E-state index in [0.717, 1.165) is 55.9 Å². The molecule has 0 bridgehead atoms. The van der Waals surface area contributed by atoms with Crippen LogP contribution in [-0.4, -0.2) is 47.5 Å². The van der Waals surface area contributed by atoms with Crippen LogP contribution in [0, 0.1) is 5.92 Å². The van der Waals surface area contributed by atoms with Crippen LogP contribution >= 0.6 is 0 Å². The fraction of sp³-hybridized carbons (Fsp3) is 0.619. The van der Waals surface area contributed by atoms with Gasteiger partial charge in [0, 0.05) is 17.2 Å². The zero-order valence-corrected chi connectivity index (χ0v) is 15.6. The molecule has 4 heteroatoms. The van der Waals surface area contributed by atoms with Crippen LogP contribution in [0.15, 0.2) is 39.8 Å². The molecule has 0 saturated heterocycles. The number of ketones is 1. The second-order valence-electron chi connectivity index (χ2n) is 7.50. The third kappa shape index (κ3) is 2.91. The topological polar surface area (TPSA) is 35.9 Å². The summed E-state index contributed by atoms with van der Waals surface area (Å²) in [5, 5.41) is 0. The first kappa shape index (κ1) is 16.8. The van der Waals surface area contributed by atoms with E-state index in [1.165, 1.54) is 30.7 Å². The molecule has 0 aromatic rings. The molecule has 2 aliphatic heterocycles. The minimum atomic E-state index is 0.250. The normalized spacial score (nSPS) is 25.4. The number of Topliss-reactive ketones (excluding diaryl/α,β-unsaturated/α-hetero) is 1. The summed E-state index contributed by atoms with van der Waals surface area (Å²) in [6.45, 7) is 8.13. The predicted molar refractivity (Wildman–Crippen MR) is 101 cm³/mol. The van der Waals surface area contributed by atoms with Crippen molar-refractivity contribution in [1.29, 1.82) is 0 Å². The Morgan fingerprint density at radius 1 is 1.20 bits per heavy atom. The molecule has 0 aromatic heterocycles. The summed E-state index contributed by atoms with van der Waals surface area (Å²) in [6.07, 6.45) is 11.3. The van der Waals surface area contributed by atoms with E-state index in [-0.39, 0.29) is 5.92 Å². The summed E-state index contributed by atoms with van der Waals surface area (Å²) in [5.74, 6) is 0.564. The van der Waals surface area contributed by atoms with E-state index in [4.69, 9.17) is 4.99 Å². The molecular weight excluding hydrogens is 310 g/mol. The van der Waals surface area contributed by atoms with Crippen molar-refractivity contribution in [3.8, 4) is 0 Å². The Labute approximate surface area is 151 Å². The predicted octanol–water partition coefficient (Wildman–Crippen LogP) is 3.67. The van der Waals surface area contributed by atoms with Crippen LogP contribution in [0.25, 0.3) is 0 Å². The Kier molecular flexibility index (Phi) is 4.63. The monoisotopic (exact) mass is 339 g/mol. The van der Waals surface area contributed by atoms with Gasteiger partial charge in [-0.3, -0.25) is 4.79 Å². The fourth-order valence-electron chi connectivity index (χ4n) is 4.66. The summed E-state index contributed by atoms with van der Waals surface area (Å²) in [5.41, 5.74) is 5.76. The lowest BCUT2D eigenvalue weighted by molar-refractivity contribution is -0.115. The molecule has 0 aromatic carbocycles. The summed E-state index contributed by atoms with van der Waals surface area (Å²) in [4.78, 5) is 22.6. The number of hydrogen-bond donors (Lipinski definition) is 0. The standard InChI is InChI=1S/C21H29N3O/c1-3-23(4-2)13-12-15-10-11-17-21-20(15)19(25)14-24(21)18-9-7-5-6-8-16(18)22-17/h10-11,15H,3-9,12-14H2,1-2H3. The number of carbonyl (C=O) groups excluding carboxylic acids is 1. The van der Waals surface area contributed by atoms with Crippen molar-refractivity contribution in [2.24, 2.45) is 10.9 Å². The minimum absolute atomic E-state index is 0.250. The molecule has 0 saturated carbocycles. The van der Waals surface area contributed by atoms with E-state index in [2.05, 4.69) is 35.8 Å². The van der Waals surface area contributed by atoms with E-state index in [0.29, 0.717) is 12.3 Å². The maximum absolute atomic E-state index is 12.9. The molecule has 4 nitrogen and oxygen atoms in total. The largest absolute Gasteiger partial charge is 0.333 e. The van der Waals surface area contributed by atoms with Gasteiger partial charge in [0.25, 0.3) is 0 Å². The van der Waals surface area contributed by atoms with Gasteiger partial charge >= 0.3 is 0 Å². The third-order valence-electron chi connectivity index (χ3n) is 6.12. The van der Waals surface area contributed by atoms with Gasteiger partial charge < -0.3 is 9.80 Å². The van der Waals surface area contributed by atoms with Crippen molar-refractivity contribution in [3.63, 3.8) is 0 Å². The van der Waals surface area contributed by atoms with Gasteiger partial charge in [0.1, 0.15) is 0 Å². The number of carbonyl (C=O) groups is 1. The van der Waals surface area contributed by atoms with E-state index in [9.17, 15) is 4.79 Å². The maximum Gasteiger partial charge on any atom is 0.181 e. The second-order valence-corrected chi connectivity index (χ2v) is 7.50. The zero-order valence-electron chi connectivity index (χ0n) is 15.6. The molecule has 0 N–H and O–H groups in total. The number of allylic oxidation sites excluding steroid dienone is 4. The van der Waals surface area contributed by atoms with Crippen molar-refractivity contribution in [3.05, 3.63) is 34.8 Å². The Balaban J connectivity index is 1.64. The lowest BCUT2D eigenvalue weighted by atomic mass is 9.86. The molecule has 0 spiro atoms. The quantitative estimate of drug-likeness (QED) is 0.767. The summed E-state index contributed by atoms with van der Waals surface area (Å²) < 4.78 is 0. The van der Waals surface area contributed by atoms with Crippen LogP contribution < -0.4 is 0 Å². The molecule has 1 unspecified atom stereocenters. The molecule has 4 aliphatic rings. The van der Waals surface area contributed by atoms with Gasteiger partial charge in [0.05, 0.1) is 23.7 Å². The zero-order chi connectivity index (χ0) is 17.4. The van der Waals surface area contributed by atoms with Crippen LogP contribution in [-0.2, 0) is 4.79 Å². The Bertz CT molecular complexity index is 694. The molecule has 134 valence electrons. The highest BCUT2D eigenvalue weighted by molar-refractivity contribution is 6.19. The average molecular weight is 339 g/mol. The number of nitrogens with zero attached hydrogens (tertiary/aromatic N) is 3. The maximum atomic E-state index is 12.9. The van der Waals surface area contributed by atoms with E-state index in [1.54, 1.807) is 0 Å². The first-order valence-electron chi connectivity index (χ1n) is 9.99. The Morgan fingerprint density at radius 3 is 2.80 bits per heavy atom. The van der Waals surface area contributed by atoms with E-state index in [1.807, 2.05) is 0 Å². The van der Waals surface area contributed by atoms with Crippen molar-refractivity contribution >= 4 is 11.5 Å². The first-order valence-corrected chi connectivity index (χ1v) is 9.99. The lowest BCUT2D eigenvalue weighted by Crippen LogP contribution is -2.30. The van der Waals surface area contributed by atoms with E-state index >= 15 is 0 Å². The highest BCUT2D eigenvalue weighted by atomic mass is 16.1. The highest BCUT2D eigenvalue weighted by Crippen LogP contribution is 2.42. The fourth-order valence-corrected chi connectivity index (χ4v) is 4.66. The minimum Gasteiger partial charge on any atom is -0.333 e. The molecule has 2 heterocycles. The summed E-state index contributed by atoms with van der Waals surface area (Å²) >= 11 is 0. The number of aliphatic imine (C=N–C) groups is 1. The molecule has 1 atom stereocenters. The van der Waals surface area contributed by atoms with Crippen LogP contribution in [0.2, 0.25) is 0 Å². The van der Waals surface area contributed by atoms with Gasteiger partial charge in [-0.25, -0.2) is 4.99 Å². The van der Waals surface area contributed by atoms with Gasteiger partial charge in [-0.2, -0.15) is 0 Å². The van der Waals surface area contributed by atoms with Gasteiger partial charge in [-0.15, -0.1) is 0 Å². The van der Waals surface area contributed by atoms with Crippen molar-refractivity contribution in [1.82, 2.24) is 9.80 Å². The highest BCUT2D eigenvalue weighted by Gasteiger charge is 2.41. The van der Waals surface area contributed by atoms with Gasteiger partial charge in [-0.1, -0.05) is 26.3 Å². The van der Waals surface area contributed by atoms with Crippen LogP contribution in [0.1, 0.15) is 52.4 Å². The van der Waals surface area contributed by atoms with E-state index < -0.39 is 0 Å². The summed E-state index contributed by atoms with van der Waals surface area (Å²) in [6, 6.07) is 0. The van der Waals surface area contributed by atoms with Gasteiger partial charge in [0.15, 0.2) is 5.78 Å². The summed E-state index contributed by atoms with van der Waals surface area (Å²) in [7, 11) is 0. The van der Waals surface area contributed by atoms with Crippen LogP contribution in [0.5, 0.6) is 0 Å². The Hall–Kier alpha value is -1.68. The lowest BCUT2D eigenvalue weighted by Gasteiger charge is -2.32. The molecule has 2 aliphatic carbocycles. The molecule has 0 fully saturated rings. The molecular formula is C21H29N3O. The smallest absolute Gasteiger partial charge is 0.181 e. The third-order valence-corrected chi connectivity index (χ3v) is 6.12. The second kappa shape index (κ2) is 6.91. The molecule has 4 rings (SSSR count). The SMILES string of the molecule is CCN(CC)CCC1C=CC2=NC3=C(CCCCC3)N3CC(=O)C1=C23. The number of rotatable bonds is 5. The molecule has 0 amide bonds. The van der Waals surface area contributed by atoms with Gasteiger partial charge in [-0.05, 0) is 57.8 Å². The average Bonchev–Trinajstić information content (AvgIpc) is 2.81. The first-order chi connectivity index (χ1) is 12.2.